The zero-order chi connectivity index (χ0) is 17.0. The van der Waals surface area contributed by atoms with Crippen LogP contribution in [0, 0.1) is 0 Å². The lowest BCUT2D eigenvalue weighted by atomic mass is 10.1. The molecule has 2 amide bonds. The lowest BCUT2D eigenvalue weighted by Gasteiger charge is -2.23. The summed E-state index contributed by atoms with van der Waals surface area (Å²) in [6.45, 7) is 2.36. The number of carbonyl (C=O) groups is 1. The van der Waals surface area contributed by atoms with Crippen LogP contribution in [-0.4, -0.2) is 34.6 Å². The molecule has 2 atom stereocenters. The molecular formula is C14H21F3N4O2. The van der Waals surface area contributed by atoms with Crippen LogP contribution in [0.1, 0.15) is 37.4 Å². The molecule has 0 spiro atoms. The van der Waals surface area contributed by atoms with Crippen molar-refractivity contribution < 1.29 is 22.7 Å². The predicted molar refractivity (Wildman–Crippen MR) is 76.6 cm³/mol. The maximum Gasteiger partial charge on any atom is 0.435 e. The Bertz CT molecular complexity index is 539. The first-order valence-electron chi connectivity index (χ1n) is 7.57. The second-order valence-corrected chi connectivity index (χ2v) is 5.57. The molecule has 2 N–H and O–H groups in total. The van der Waals surface area contributed by atoms with Crippen molar-refractivity contribution in [1.29, 1.82) is 0 Å². The maximum absolute atomic E-state index is 12.8. The van der Waals surface area contributed by atoms with E-state index in [1.54, 1.807) is 0 Å². The molecule has 2 rings (SSSR count). The van der Waals surface area contributed by atoms with Crippen molar-refractivity contribution in [3.63, 3.8) is 0 Å². The molecule has 0 saturated carbocycles. The number of nitrogens with zero attached hydrogens (tertiary/aromatic N) is 2. The molecule has 23 heavy (non-hydrogen) atoms. The second kappa shape index (κ2) is 7.20. The average Bonchev–Trinajstić information content (AvgIpc) is 3.11. The summed E-state index contributed by atoms with van der Waals surface area (Å²) in [5.74, 6) is 0. The number of aryl methyl sites for hydroxylation is 1. The summed E-state index contributed by atoms with van der Waals surface area (Å²) in [6.07, 6.45) is -0.804. The number of halogens is 3. The molecule has 0 radical (unpaired) electrons. The van der Waals surface area contributed by atoms with Gasteiger partial charge in [-0.3, -0.25) is 4.68 Å². The van der Waals surface area contributed by atoms with E-state index < -0.39 is 17.9 Å². The molecule has 1 aromatic rings. The lowest BCUT2D eigenvalue weighted by molar-refractivity contribution is -0.142. The van der Waals surface area contributed by atoms with Gasteiger partial charge >= 0.3 is 12.2 Å². The minimum absolute atomic E-state index is 0.0325. The summed E-state index contributed by atoms with van der Waals surface area (Å²) >= 11 is 0. The largest absolute Gasteiger partial charge is 0.435 e. The SMILES string of the molecule is CCC(NC(=O)NCc1cn(C)nc1C(F)(F)F)C1CCCO1. The van der Waals surface area contributed by atoms with Crippen molar-refractivity contribution in [3.8, 4) is 0 Å². The van der Waals surface area contributed by atoms with Gasteiger partial charge in [0.25, 0.3) is 0 Å². The Labute approximate surface area is 132 Å². The first-order chi connectivity index (χ1) is 10.8. The molecule has 0 bridgehead atoms. The Balaban J connectivity index is 1.91. The molecule has 1 aliphatic heterocycles. The second-order valence-electron chi connectivity index (χ2n) is 5.57. The molecule has 1 aliphatic rings. The Hall–Kier alpha value is -1.77. The van der Waals surface area contributed by atoms with E-state index in [-0.39, 0.29) is 24.3 Å². The van der Waals surface area contributed by atoms with E-state index in [2.05, 4.69) is 15.7 Å². The smallest absolute Gasteiger partial charge is 0.376 e. The van der Waals surface area contributed by atoms with Gasteiger partial charge in [0.1, 0.15) is 0 Å². The molecule has 1 fully saturated rings. The van der Waals surface area contributed by atoms with E-state index in [1.165, 1.54) is 13.2 Å². The van der Waals surface area contributed by atoms with Crippen LogP contribution in [0.2, 0.25) is 0 Å². The summed E-state index contributed by atoms with van der Waals surface area (Å²) in [4.78, 5) is 11.9. The highest BCUT2D eigenvalue weighted by molar-refractivity contribution is 5.74. The molecule has 0 aromatic carbocycles. The van der Waals surface area contributed by atoms with Gasteiger partial charge in [0.15, 0.2) is 5.69 Å². The van der Waals surface area contributed by atoms with Gasteiger partial charge in [-0.05, 0) is 19.3 Å². The molecule has 1 saturated heterocycles. The van der Waals surface area contributed by atoms with Crippen molar-refractivity contribution in [3.05, 3.63) is 17.5 Å². The van der Waals surface area contributed by atoms with E-state index >= 15 is 0 Å². The Morgan fingerprint density at radius 1 is 1.57 bits per heavy atom. The number of amides is 2. The van der Waals surface area contributed by atoms with E-state index in [0.29, 0.717) is 13.0 Å². The topological polar surface area (TPSA) is 68.2 Å². The third kappa shape index (κ3) is 4.60. The van der Waals surface area contributed by atoms with E-state index in [1.807, 2.05) is 6.92 Å². The van der Waals surface area contributed by atoms with Crippen LogP contribution in [0.3, 0.4) is 0 Å². The van der Waals surface area contributed by atoms with Gasteiger partial charge in [-0.25, -0.2) is 4.79 Å². The molecule has 6 nitrogen and oxygen atoms in total. The highest BCUT2D eigenvalue weighted by Crippen LogP contribution is 2.30. The van der Waals surface area contributed by atoms with E-state index in [0.717, 1.165) is 17.5 Å². The fourth-order valence-electron chi connectivity index (χ4n) is 2.68. The summed E-state index contributed by atoms with van der Waals surface area (Å²) in [5, 5.41) is 8.61. The zero-order valence-electron chi connectivity index (χ0n) is 13.1. The van der Waals surface area contributed by atoms with Crippen molar-refractivity contribution >= 4 is 6.03 Å². The third-order valence-electron chi connectivity index (χ3n) is 3.78. The van der Waals surface area contributed by atoms with Crippen LogP contribution >= 0.6 is 0 Å². The van der Waals surface area contributed by atoms with Crippen molar-refractivity contribution in [2.24, 2.45) is 7.05 Å². The Kier molecular flexibility index (Phi) is 5.51. The molecule has 2 unspecified atom stereocenters. The van der Waals surface area contributed by atoms with Gasteiger partial charge in [-0.2, -0.15) is 18.3 Å². The van der Waals surface area contributed by atoms with E-state index in [9.17, 15) is 18.0 Å². The summed E-state index contributed by atoms with van der Waals surface area (Å²) < 4.78 is 45.1. The Morgan fingerprint density at radius 3 is 2.87 bits per heavy atom. The maximum atomic E-state index is 12.8. The van der Waals surface area contributed by atoms with Crippen molar-refractivity contribution in [2.45, 2.75) is 51.1 Å². The number of hydrogen-bond acceptors (Lipinski definition) is 3. The monoisotopic (exact) mass is 334 g/mol. The first-order valence-corrected chi connectivity index (χ1v) is 7.57. The molecule has 1 aromatic heterocycles. The number of ether oxygens (including phenoxy) is 1. The van der Waals surface area contributed by atoms with Gasteiger partial charge in [0, 0.05) is 32.0 Å². The highest BCUT2D eigenvalue weighted by Gasteiger charge is 2.37. The summed E-state index contributed by atoms with van der Waals surface area (Å²) in [7, 11) is 1.41. The van der Waals surface area contributed by atoms with Crippen LogP contribution < -0.4 is 10.6 Å². The van der Waals surface area contributed by atoms with Gasteiger partial charge < -0.3 is 15.4 Å². The molecular weight excluding hydrogens is 313 g/mol. The van der Waals surface area contributed by atoms with Gasteiger partial charge in [0.05, 0.1) is 12.1 Å². The fourth-order valence-corrected chi connectivity index (χ4v) is 2.68. The Morgan fingerprint density at radius 2 is 2.30 bits per heavy atom. The number of rotatable bonds is 5. The average molecular weight is 334 g/mol. The zero-order valence-corrected chi connectivity index (χ0v) is 13.1. The minimum atomic E-state index is -4.54. The van der Waals surface area contributed by atoms with Crippen LogP contribution in [0.4, 0.5) is 18.0 Å². The molecule has 0 aliphatic carbocycles. The highest BCUT2D eigenvalue weighted by atomic mass is 19.4. The van der Waals surface area contributed by atoms with Crippen LogP contribution in [-0.2, 0) is 24.5 Å². The normalized spacial score (nSPS) is 19.6. The lowest BCUT2D eigenvalue weighted by Crippen LogP contribution is -2.47. The van der Waals surface area contributed by atoms with Crippen LogP contribution in [0.15, 0.2) is 6.20 Å². The predicted octanol–water partition coefficient (Wildman–Crippen LogP) is 2.20. The third-order valence-corrected chi connectivity index (χ3v) is 3.78. The van der Waals surface area contributed by atoms with Crippen LogP contribution in [0.25, 0.3) is 0 Å². The van der Waals surface area contributed by atoms with Crippen molar-refractivity contribution in [1.82, 2.24) is 20.4 Å². The number of carbonyl (C=O) groups excluding carboxylic acids is 1. The number of urea groups is 1. The van der Waals surface area contributed by atoms with Crippen molar-refractivity contribution in [2.75, 3.05) is 6.61 Å². The number of hydrogen-bond donors (Lipinski definition) is 2. The molecule has 130 valence electrons. The van der Waals surface area contributed by atoms with E-state index in [4.69, 9.17) is 4.74 Å². The van der Waals surface area contributed by atoms with Crippen LogP contribution in [0.5, 0.6) is 0 Å². The molecule has 2 heterocycles. The van der Waals surface area contributed by atoms with Gasteiger partial charge in [-0.15, -0.1) is 0 Å². The quantitative estimate of drug-likeness (QED) is 0.867. The minimum Gasteiger partial charge on any atom is -0.376 e. The molecule has 9 heteroatoms. The number of aromatic nitrogens is 2. The number of alkyl halides is 3. The summed E-state index contributed by atoms with van der Waals surface area (Å²) in [5.41, 5.74) is -1.05. The standard InChI is InChI=1S/C14H21F3N4O2/c1-3-10(11-5-4-6-23-11)19-13(22)18-7-9-8-21(2)20-12(9)14(15,16)17/h8,10-11H,3-7H2,1-2H3,(H2,18,19,22). The van der Waals surface area contributed by atoms with Gasteiger partial charge in [-0.1, -0.05) is 6.92 Å². The van der Waals surface area contributed by atoms with Gasteiger partial charge in [0.2, 0.25) is 0 Å². The number of nitrogens with one attached hydrogen (secondary N) is 2. The first kappa shape index (κ1) is 17.6. The summed E-state index contributed by atoms with van der Waals surface area (Å²) in [6, 6.07) is -0.655. The fraction of sp³-hybridized carbons (Fsp3) is 0.714.